The summed E-state index contributed by atoms with van der Waals surface area (Å²) in [6.07, 6.45) is 3.41. The molecule has 6 aromatic carbocycles. The van der Waals surface area contributed by atoms with Crippen LogP contribution in [0.1, 0.15) is 89.0 Å². The molecule has 0 radical (unpaired) electrons. The van der Waals surface area contributed by atoms with Gasteiger partial charge in [0.25, 0.3) is 0 Å². The minimum Gasteiger partial charge on any atom is -0.448 e. The van der Waals surface area contributed by atoms with Gasteiger partial charge < -0.3 is 51.3 Å². The molecule has 11 rings (SSSR count). The van der Waals surface area contributed by atoms with E-state index >= 15 is 0 Å². The quantitative estimate of drug-likeness (QED) is 0.0487. The molecule has 5 aliphatic rings. The molecule has 446 valence electrons. The van der Waals surface area contributed by atoms with Crippen LogP contribution >= 0.6 is 23.2 Å². The van der Waals surface area contributed by atoms with Crippen molar-refractivity contribution in [1.82, 2.24) is 30.7 Å². The summed E-state index contributed by atoms with van der Waals surface area (Å²) in [5.41, 5.74) is 11.7. The van der Waals surface area contributed by atoms with E-state index in [4.69, 9.17) is 27.9 Å². The Morgan fingerprint density at radius 2 is 1.05 bits per heavy atom. The van der Waals surface area contributed by atoms with Crippen LogP contribution in [-0.2, 0) is 49.8 Å². The highest BCUT2D eigenvalue weighted by Crippen LogP contribution is 2.45. The highest BCUT2D eigenvalue weighted by atomic mass is 35.5. The second kappa shape index (κ2) is 28.4. The van der Waals surface area contributed by atoms with E-state index in [9.17, 15) is 34.2 Å². The summed E-state index contributed by atoms with van der Waals surface area (Å²) in [4.78, 5) is 74.3. The van der Waals surface area contributed by atoms with Crippen molar-refractivity contribution in [3.8, 4) is 11.1 Å². The van der Waals surface area contributed by atoms with Crippen LogP contribution in [0.25, 0.3) is 11.1 Å². The first-order valence-electron chi connectivity index (χ1n) is 29.7. The van der Waals surface area contributed by atoms with Crippen molar-refractivity contribution in [2.24, 2.45) is 0 Å². The second-order valence-corrected chi connectivity index (χ2v) is 23.9. The predicted octanol–water partition coefficient (Wildman–Crippen LogP) is 8.93. The van der Waals surface area contributed by atoms with Gasteiger partial charge in [-0.15, -0.1) is 0 Å². The number of aliphatic hydroxyl groups excluding tert-OH is 2. The molecule has 0 aromatic heterocycles. The second-order valence-electron chi connectivity index (χ2n) is 23.1. The number of amides is 5. The summed E-state index contributed by atoms with van der Waals surface area (Å²) in [6.45, 7) is 8.98. The zero-order chi connectivity index (χ0) is 59.6. The number of fused-ring (bicyclic) bond motifs is 5. The zero-order valence-electron chi connectivity index (χ0n) is 48.2. The first-order chi connectivity index (χ1) is 41.1. The van der Waals surface area contributed by atoms with Crippen LogP contribution in [0.15, 0.2) is 133 Å². The normalized spacial score (nSPS) is 18.7. The van der Waals surface area contributed by atoms with Crippen molar-refractivity contribution in [1.29, 1.82) is 0 Å². The average molecular weight is 1190 g/mol. The molecule has 18 heteroatoms. The van der Waals surface area contributed by atoms with Crippen molar-refractivity contribution in [3.05, 3.63) is 188 Å². The summed E-state index contributed by atoms with van der Waals surface area (Å²) in [7, 11) is 0. The molecule has 1 aliphatic carbocycles. The Balaban J connectivity index is 0.000000205. The SMILES string of the molecule is Cc1cc(NC(=O)[C@H](CCN2CCC(O)CC2)NC(=O)[C@@H]2Cc3ccccc3CN2)ccc1Cl.Cc1cc(NC(=O)[C@H](CCN2CCC(O)CC2)NC(=O)[C@@H]2Cc3ccccc3CN2C(=O)OCC2c3ccccc3-c3ccccc32)ccc1Cl. The molecular formula is C67H76Cl2N8O8. The minimum atomic E-state index is -0.881. The van der Waals surface area contributed by atoms with E-state index in [2.05, 4.69) is 66.7 Å². The minimum absolute atomic E-state index is 0.119. The van der Waals surface area contributed by atoms with Crippen LogP contribution in [-0.4, -0.2) is 137 Å². The monoisotopic (exact) mass is 1190 g/mol. The molecule has 0 saturated carbocycles. The number of benzene rings is 6. The van der Waals surface area contributed by atoms with E-state index < -0.39 is 30.1 Å². The van der Waals surface area contributed by atoms with Gasteiger partial charge in [-0.2, -0.15) is 0 Å². The van der Waals surface area contributed by atoms with Gasteiger partial charge in [0.15, 0.2) is 0 Å². The number of nitrogens with one attached hydrogen (secondary N) is 5. The average Bonchev–Trinajstić information content (AvgIpc) is 3.64. The van der Waals surface area contributed by atoms with E-state index in [0.29, 0.717) is 79.6 Å². The molecule has 85 heavy (non-hydrogen) atoms. The van der Waals surface area contributed by atoms with Crippen LogP contribution < -0.4 is 26.6 Å². The molecule has 16 nitrogen and oxygen atoms in total. The number of piperidine rings is 2. The number of hydrogen-bond acceptors (Lipinski definition) is 11. The summed E-state index contributed by atoms with van der Waals surface area (Å²) in [6, 6.07) is 40.0. The molecular weight excluding hydrogens is 1120 g/mol. The molecule has 5 amide bonds. The fourth-order valence-corrected chi connectivity index (χ4v) is 12.4. The third-order valence-corrected chi connectivity index (χ3v) is 18.1. The Labute approximate surface area is 507 Å². The lowest BCUT2D eigenvalue weighted by atomic mass is 9.93. The van der Waals surface area contributed by atoms with Crippen LogP contribution in [0, 0.1) is 13.8 Å². The Bertz CT molecular complexity index is 3320. The third kappa shape index (κ3) is 15.5. The van der Waals surface area contributed by atoms with E-state index in [0.717, 1.165) is 89.1 Å². The smallest absolute Gasteiger partial charge is 0.410 e. The van der Waals surface area contributed by atoms with Gasteiger partial charge in [-0.25, -0.2) is 4.79 Å². The van der Waals surface area contributed by atoms with Crippen molar-refractivity contribution >= 4 is 64.3 Å². The van der Waals surface area contributed by atoms with Gasteiger partial charge in [-0.05, 0) is 151 Å². The standard InChI is InChI=1S/C41H43ClN4O5.C26H33ClN4O3/c1-26-22-29(14-15-36(26)42)43-39(48)37(18-21-45-19-16-30(47)17-20-45)44-40(49)38-23-27-8-2-3-9-28(27)24-46(38)41(50)51-25-35-33-12-6-4-10-31(33)32-11-5-7-13-34(32)35;1-17-14-20(6-7-22(17)27)29-25(33)23(10-13-31-11-8-21(32)9-12-31)30-26(34)24-15-18-4-2-3-5-19(18)16-28-24/h2-15,22,30,35,37-38,47H,16-21,23-25H2,1H3,(H,43,48)(H,44,49);2-7,14,21,23-24,28,32H,8-13,15-16H2,1H3,(H,29,33)(H,30,34)/t37-,38-;23-,24-/m00/s1. The van der Waals surface area contributed by atoms with Gasteiger partial charge in [0.2, 0.25) is 23.6 Å². The number of aryl methyl sites for hydroxylation is 2. The van der Waals surface area contributed by atoms with E-state index in [1.54, 1.807) is 30.3 Å². The number of carbonyl (C=O) groups is 5. The molecule has 6 aromatic rings. The van der Waals surface area contributed by atoms with Gasteiger partial charge in [0, 0.05) is 79.6 Å². The molecule has 4 atom stereocenters. The van der Waals surface area contributed by atoms with Crippen molar-refractivity contribution in [2.75, 3.05) is 56.5 Å². The molecule has 0 unspecified atom stereocenters. The molecule has 0 bridgehead atoms. The third-order valence-electron chi connectivity index (χ3n) is 17.2. The van der Waals surface area contributed by atoms with Crippen LogP contribution in [0.2, 0.25) is 10.0 Å². The zero-order valence-corrected chi connectivity index (χ0v) is 49.7. The molecule has 4 aliphatic heterocycles. The van der Waals surface area contributed by atoms with Gasteiger partial charge in [0.05, 0.1) is 24.8 Å². The molecule has 2 saturated heterocycles. The van der Waals surface area contributed by atoms with Crippen LogP contribution in [0.4, 0.5) is 16.2 Å². The van der Waals surface area contributed by atoms with Crippen LogP contribution in [0.3, 0.4) is 0 Å². The topological polar surface area (TPSA) is 205 Å². The fourth-order valence-electron chi connectivity index (χ4n) is 12.2. The van der Waals surface area contributed by atoms with Gasteiger partial charge in [0.1, 0.15) is 24.7 Å². The molecule has 0 spiro atoms. The van der Waals surface area contributed by atoms with Gasteiger partial charge in [-0.3, -0.25) is 24.1 Å². The number of halogens is 2. The maximum absolute atomic E-state index is 14.3. The molecule has 4 heterocycles. The number of carbonyl (C=O) groups excluding carboxylic acids is 5. The lowest BCUT2D eigenvalue weighted by molar-refractivity contribution is -0.130. The van der Waals surface area contributed by atoms with Crippen LogP contribution in [0.5, 0.6) is 0 Å². The first-order valence-corrected chi connectivity index (χ1v) is 30.4. The number of anilines is 2. The van der Waals surface area contributed by atoms with E-state index in [1.165, 1.54) is 10.5 Å². The van der Waals surface area contributed by atoms with E-state index in [1.807, 2.05) is 86.6 Å². The van der Waals surface area contributed by atoms with Crippen molar-refractivity contribution < 1.29 is 38.9 Å². The Hall–Kier alpha value is -7.15. The number of ether oxygens (including phenoxy) is 1. The maximum atomic E-state index is 14.3. The van der Waals surface area contributed by atoms with E-state index in [-0.39, 0.29) is 55.0 Å². The number of likely N-dealkylation sites (tertiary alicyclic amines) is 2. The summed E-state index contributed by atoms with van der Waals surface area (Å²) in [5, 5.41) is 36.2. The summed E-state index contributed by atoms with van der Waals surface area (Å²) >= 11 is 12.3. The highest BCUT2D eigenvalue weighted by molar-refractivity contribution is 6.31. The highest BCUT2D eigenvalue weighted by Gasteiger charge is 2.39. The lowest BCUT2D eigenvalue weighted by Gasteiger charge is -2.36. The number of rotatable bonds is 16. The maximum Gasteiger partial charge on any atom is 0.410 e. The summed E-state index contributed by atoms with van der Waals surface area (Å²) < 4.78 is 6.05. The predicted molar refractivity (Wildman–Crippen MR) is 331 cm³/mol. The number of hydrogen-bond donors (Lipinski definition) is 7. The molecule has 2 fully saturated rings. The Morgan fingerprint density at radius 1 is 0.588 bits per heavy atom. The first kappa shape index (κ1) is 61.0. The number of nitrogens with zero attached hydrogens (tertiary/aromatic N) is 3. The summed E-state index contributed by atoms with van der Waals surface area (Å²) in [5.74, 6) is -1.31. The van der Waals surface area contributed by atoms with Gasteiger partial charge in [-0.1, -0.05) is 120 Å². The molecule has 7 N–H and O–H groups in total. The fraction of sp³-hybridized carbons (Fsp3) is 0.388. The number of aliphatic hydroxyl groups is 2. The van der Waals surface area contributed by atoms with Gasteiger partial charge >= 0.3 is 6.09 Å². The Morgan fingerprint density at radius 3 is 1.56 bits per heavy atom. The van der Waals surface area contributed by atoms with Crippen molar-refractivity contribution in [3.63, 3.8) is 0 Å². The Kier molecular flexibility index (Phi) is 20.3. The van der Waals surface area contributed by atoms with Crippen molar-refractivity contribution in [2.45, 2.75) is 121 Å². The lowest BCUT2D eigenvalue weighted by Crippen LogP contribution is -2.56. The largest absolute Gasteiger partial charge is 0.448 e.